The monoisotopic (exact) mass is 335 g/mol. The zero-order valence-corrected chi connectivity index (χ0v) is 14.1. The zero-order valence-electron chi connectivity index (χ0n) is 14.1. The molecular formula is C18H21N7. The van der Waals surface area contributed by atoms with Gasteiger partial charge in [0.05, 0.1) is 5.69 Å². The Hall–Kier alpha value is -3.22. The van der Waals surface area contributed by atoms with E-state index in [1.165, 1.54) is 6.33 Å². The van der Waals surface area contributed by atoms with E-state index in [1.54, 1.807) is 18.1 Å². The lowest BCUT2D eigenvalue weighted by Crippen LogP contribution is -2.37. The molecule has 0 radical (unpaired) electrons. The van der Waals surface area contributed by atoms with Gasteiger partial charge in [-0.3, -0.25) is 9.98 Å². The van der Waals surface area contributed by atoms with Crippen LogP contribution < -0.4 is 10.6 Å². The number of benzene rings is 1. The number of nitrogens with zero attached hydrogens (tertiary/aromatic N) is 5. The van der Waals surface area contributed by atoms with Crippen molar-refractivity contribution >= 4 is 5.96 Å². The lowest BCUT2D eigenvalue weighted by Gasteiger charge is -2.12. The van der Waals surface area contributed by atoms with Crippen molar-refractivity contribution in [1.82, 2.24) is 30.4 Å². The zero-order chi connectivity index (χ0) is 17.3. The fraction of sp³-hybridized carbons (Fsp3) is 0.222. The second-order valence-corrected chi connectivity index (χ2v) is 5.43. The average molecular weight is 335 g/mol. The first-order chi connectivity index (χ1) is 12.3. The standard InChI is InChI=1S/C18H21N7/c1-19-18(22-11-9-16-4-2-3-10-21-16)23-12-15-5-7-17(8-6-15)25-14-20-13-24-25/h2-8,10,13-14H,9,11-12H2,1H3,(H2,19,22,23). The van der Waals surface area contributed by atoms with Crippen molar-refractivity contribution in [2.24, 2.45) is 4.99 Å². The van der Waals surface area contributed by atoms with Crippen LogP contribution in [0.5, 0.6) is 0 Å². The van der Waals surface area contributed by atoms with Crippen LogP contribution in [0.2, 0.25) is 0 Å². The molecular weight excluding hydrogens is 314 g/mol. The summed E-state index contributed by atoms with van der Waals surface area (Å²) in [6.45, 7) is 1.48. The van der Waals surface area contributed by atoms with Crippen molar-refractivity contribution in [2.75, 3.05) is 13.6 Å². The molecule has 0 saturated carbocycles. The molecule has 0 bridgehead atoms. The van der Waals surface area contributed by atoms with Gasteiger partial charge in [-0.2, -0.15) is 5.10 Å². The van der Waals surface area contributed by atoms with Crippen LogP contribution in [0.1, 0.15) is 11.3 Å². The molecule has 0 fully saturated rings. The third-order valence-electron chi connectivity index (χ3n) is 3.70. The maximum Gasteiger partial charge on any atom is 0.191 e. The summed E-state index contributed by atoms with van der Waals surface area (Å²) in [6, 6.07) is 14.1. The first kappa shape index (κ1) is 16.6. The highest BCUT2D eigenvalue weighted by Gasteiger charge is 2.01. The van der Waals surface area contributed by atoms with Crippen LogP contribution in [0, 0.1) is 0 Å². The predicted octanol–water partition coefficient (Wildman–Crippen LogP) is 1.57. The van der Waals surface area contributed by atoms with Crippen molar-refractivity contribution in [1.29, 1.82) is 0 Å². The fourth-order valence-electron chi connectivity index (χ4n) is 2.37. The van der Waals surface area contributed by atoms with Gasteiger partial charge in [0.2, 0.25) is 0 Å². The molecule has 0 aliphatic heterocycles. The van der Waals surface area contributed by atoms with E-state index in [2.05, 4.69) is 42.8 Å². The summed E-state index contributed by atoms with van der Waals surface area (Å²) in [4.78, 5) is 12.5. The van der Waals surface area contributed by atoms with E-state index < -0.39 is 0 Å². The van der Waals surface area contributed by atoms with E-state index in [0.717, 1.165) is 35.9 Å². The Morgan fingerprint density at radius 1 is 1.12 bits per heavy atom. The first-order valence-electron chi connectivity index (χ1n) is 8.13. The maximum atomic E-state index is 4.31. The molecule has 0 atom stereocenters. The first-order valence-corrected chi connectivity index (χ1v) is 8.13. The Balaban J connectivity index is 1.46. The number of rotatable bonds is 6. The molecule has 25 heavy (non-hydrogen) atoms. The van der Waals surface area contributed by atoms with E-state index in [4.69, 9.17) is 0 Å². The molecule has 128 valence electrons. The molecule has 0 amide bonds. The molecule has 7 heteroatoms. The number of nitrogens with one attached hydrogen (secondary N) is 2. The fourth-order valence-corrected chi connectivity index (χ4v) is 2.37. The van der Waals surface area contributed by atoms with Gasteiger partial charge in [-0.1, -0.05) is 18.2 Å². The van der Waals surface area contributed by atoms with Crippen LogP contribution in [0.4, 0.5) is 0 Å². The Morgan fingerprint density at radius 3 is 2.68 bits per heavy atom. The lowest BCUT2D eigenvalue weighted by atomic mass is 10.2. The SMILES string of the molecule is CN=C(NCCc1ccccn1)NCc1ccc(-n2cncn2)cc1. The van der Waals surface area contributed by atoms with Gasteiger partial charge in [-0.25, -0.2) is 9.67 Å². The number of pyridine rings is 1. The summed E-state index contributed by atoms with van der Waals surface area (Å²) in [5.41, 5.74) is 3.21. The van der Waals surface area contributed by atoms with Gasteiger partial charge in [0.1, 0.15) is 12.7 Å². The molecule has 0 unspecified atom stereocenters. The number of hydrogen-bond donors (Lipinski definition) is 2. The normalized spacial score (nSPS) is 11.3. The van der Waals surface area contributed by atoms with Crippen LogP contribution in [-0.4, -0.2) is 39.3 Å². The van der Waals surface area contributed by atoms with Crippen molar-refractivity contribution in [2.45, 2.75) is 13.0 Å². The van der Waals surface area contributed by atoms with Gasteiger partial charge in [0.25, 0.3) is 0 Å². The summed E-state index contributed by atoms with van der Waals surface area (Å²) in [5.74, 6) is 0.774. The van der Waals surface area contributed by atoms with Crippen LogP contribution in [0.15, 0.2) is 66.3 Å². The lowest BCUT2D eigenvalue weighted by molar-refractivity contribution is 0.784. The Bertz CT molecular complexity index is 780. The van der Waals surface area contributed by atoms with Crippen LogP contribution in [0.3, 0.4) is 0 Å². The summed E-state index contributed by atoms with van der Waals surface area (Å²) >= 11 is 0. The molecule has 3 aromatic rings. The third-order valence-corrected chi connectivity index (χ3v) is 3.70. The molecule has 3 rings (SSSR count). The minimum absolute atomic E-state index is 0.695. The minimum Gasteiger partial charge on any atom is -0.356 e. The molecule has 0 spiro atoms. The Kier molecular flexibility index (Phi) is 5.71. The average Bonchev–Trinajstić information content (AvgIpc) is 3.20. The third kappa shape index (κ3) is 4.87. The maximum absolute atomic E-state index is 4.31. The Morgan fingerprint density at radius 2 is 2.00 bits per heavy atom. The van der Waals surface area contributed by atoms with E-state index in [1.807, 2.05) is 36.5 Å². The van der Waals surface area contributed by atoms with Gasteiger partial charge in [0.15, 0.2) is 5.96 Å². The van der Waals surface area contributed by atoms with Crippen LogP contribution in [0.25, 0.3) is 5.69 Å². The van der Waals surface area contributed by atoms with Crippen molar-refractivity contribution < 1.29 is 0 Å². The number of aromatic nitrogens is 4. The van der Waals surface area contributed by atoms with Crippen molar-refractivity contribution in [3.63, 3.8) is 0 Å². The van der Waals surface area contributed by atoms with E-state index >= 15 is 0 Å². The molecule has 0 saturated heterocycles. The summed E-state index contributed by atoms with van der Waals surface area (Å²) < 4.78 is 1.73. The minimum atomic E-state index is 0.695. The van der Waals surface area contributed by atoms with E-state index in [0.29, 0.717) is 6.54 Å². The molecule has 2 N–H and O–H groups in total. The van der Waals surface area contributed by atoms with Gasteiger partial charge in [-0.05, 0) is 29.8 Å². The molecule has 2 heterocycles. The number of hydrogen-bond acceptors (Lipinski definition) is 4. The highest BCUT2D eigenvalue weighted by molar-refractivity contribution is 5.79. The Labute approximate surface area is 146 Å². The molecule has 7 nitrogen and oxygen atoms in total. The second-order valence-electron chi connectivity index (χ2n) is 5.43. The largest absolute Gasteiger partial charge is 0.356 e. The number of aliphatic imine (C=N–C) groups is 1. The predicted molar refractivity (Wildman–Crippen MR) is 97.5 cm³/mol. The van der Waals surface area contributed by atoms with E-state index in [-0.39, 0.29) is 0 Å². The molecule has 2 aromatic heterocycles. The number of guanidine groups is 1. The van der Waals surface area contributed by atoms with Crippen LogP contribution in [-0.2, 0) is 13.0 Å². The van der Waals surface area contributed by atoms with Gasteiger partial charge in [0, 0.05) is 38.4 Å². The van der Waals surface area contributed by atoms with Crippen molar-refractivity contribution in [3.8, 4) is 5.69 Å². The van der Waals surface area contributed by atoms with E-state index in [9.17, 15) is 0 Å². The van der Waals surface area contributed by atoms with Crippen LogP contribution >= 0.6 is 0 Å². The smallest absolute Gasteiger partial charge is 0.191 e. The van der Waals surface area contributed by atoms with Gasteiger partial charge in [-0.15, -0.1) is 0 Å². The quantitative estimate of drug-likeness (QED) is 0.528. The van der Waals surface area contributed by atoms with Gasteiger partial charge >= 0.3 is 0 Å². The summed E-state index contributed by atoms with van der Waals surface area (Å²) in [6.07, 6.45) is 5.87. The topological polar surface area (TPSA) is 80.0 Å². The molecule has 1 aromatic carbocycles. The van der Waals surface area contributed by atoms with Crippen molar-refractivity contribution in [3.05, 3.63) is 72.6 Å². The highest BCUT2D eigenvalue weighted by atomic mass is 15.3. The van der Waals surface area contributed by atoms with Gasteiger partial charge < -0.3 is 10.6 Å². The molecule has 0 aliphatic rings. The second kappa shape index (κ2) is 8.58. The highest BCUT2D eigenvalue weighted by Crippen LogP contribution is 2.07. The summed E-state index contributed by atoms with van der Waals surface area (Å²) in [7, 11) is 1.77. The summed E-state index contributed by atoms with van der Waals surface area (Å²) in [5, 5.41) is 10.7. The molecule has 0 aliphatic carbocycles.